The topological polar surface area (TPSA) is 84.5 Å². The first-order valence-electron chi connectivity index (χ1n) is 10.2. The van der Waals surface area contributed by atoms with E-state index >= 15 is 0 Å². The van der Waals surface area contributed by atoms with E-state index in [4.69, 9.17) is 16.3 Å². The minimum atomic E-state index is -4.04. The number of nitrogens with one attached hydrogen (secondary N) is 2. The Morgan fingerprint density at radius 2 is 1.82 bits per heavy atom. The fraction of sp³-hybridized carbons (Fsp3) is 0.208. The van der Waals surface area contributed by atoms with Crippen LogP contribution in [0.25, 0.3) is 0 Å². The highest BCUT2D eigenvalue weighted by Crippen LogP contribution is 2.23. The Labute approximate surface area is 197 Å². The average molecular weight is 491 g/mol. The second kappa shape index (κ2) is 10.8. The first-order valence-corrected chi connectivity index (χ1v) is 12.1. The Morgan fingerprint density at radius 3 is 2.45 bits per heavy atom. The smallest absolute Gasteiger partial charge is 0.242 e. The van der Waals surface area contributed by atoms with Crippen molar-refractivity contribution < 1.29 is 22.3 Å². The summed E-state index contributed by atoms with van der Waals surface area (Å²) in [4.78, 5) is 13.0. The number of hydrogen-bond donors (Lipinski definition) is 2. The molecule has 3 aromatic carbocycles. The van der Waals surface area contributed by atoms with Gasteiger partial charge in [0.25, 0.3) is 0 Å². The van der Waals surface area contributed by atoms with Crippen molar-refractivity contribution in [1.82, 2.24) is 4.72 Å². The molecule has 174 valence electrons. The number of rotatable bonds is 9. The summed E-state index contributed by atoms with van der Waals surface area (Å²) in [5, 5.41) is 2.45. The van der Waals surface area contributed by atoms with E-state index in [1.54, 1.807) is 37.3 Å². The third-order valence-electron chi connectivity index (χ3n) is 4.84. The van der Waals surface area contributed by atoms with Gasteiger partial charge in [-0.15, -0.1) is 0 Å². The zero-order valence-corrected chi connectivity index (χ0v) is 19.7. The molecule has 3 aromatic rings. The van der Waals surface area contributed by atoms with E-state index in [2.05, 4.69) is 10.0 Å². The molecule has 33 heavy (non-hydrogen) atoms. The Balaban J connectivity index is 1.87. The Bertz CT molecular complexity index is 1240. The average Bonchev–Trinajstić information content (AvgIpc) is 2.78. The quantitative estimate of drug-likeness (QED) is 0.454. The molecule has 0 aliphatic heterocycles. The maximum Gasteiger partial charge on any atom is 0.242 e. The summed E-state index contributed by atoms with van der Waals surface area (Å²) in [5.74, 6) is -0.641. The van der Waals surface area contributed by atoms with Crippen molar-refractivity contribution >= 4 is 33.2 Å². The number of hydrogen-bond acceptors (Lipinski definition) is 4. The van der Waals surface area contributed by atoms with E-state index in [9.17, 15) is 17.6 Å². The highest BCUT2D eigenvalue weighted by molar-refractivity contribution is 7.89. The molecule has 0 bridgehead atoms. The van der Waals surface area contributed by atoms with E-state index < -0.39 is 27.8 Å². The highest BCUT2D eigenvalue weighted by Gasteiger charge is 2.27. The van der Waals surface area contributed by atoms with Crippen LogP contribution in [-0.4, -0.2) is 27.0 Å². The molecule has 2 N–H and O–H groups in total. The van der Waals surface area contributed by atoms with Crippen LogP contribution < -0.4 is 14.8 Å². The van der Waals surface area contributed by atoms with Gasteiger partial charge in [-0.1, -0.05) is 41.9 Å². The lowest BCUT2D eigenvalue weighted by atomic mass is 10.1. The first kappa shape index (κ1) is 24.7. The lowest BCUT2D eigenvalue weighted by molar-refractivity contribution is -0.117. The second-order valence-corrected chi connectivity index (χ2v) is 9.46. The molecule has 9 heteroatoms. The summed E-state index contributed by atoms with van der Waals surface area (Å²) in [7, 11) is -4.04. The molecule has 0 spiro atoms. The summed E-state index contributed by atoms with van der Waals surface area (Å²) in [6.45, 7) is 4.04. The van der Waals surface area contributed by atoms with Crippen LogP contribution in [0.4, 0.5) is 10.1 Å². The number of benzene rings is 3. The number of sulfonamides is 1. The summed E-state index contributed by atoms with van der Waals surface area (Å²) in [6, 6.07) is 16.1. The maximum atomic E-state index is 13.5. The Kier molecular flexibility index (Phi) is 8.07. The molecular weight excluding hydrogens is 467 g/mol. The zero-order valence-electron chi connectivity index (χ0n) is 18.1. The number of carbonyl (C=O) groups is 1. The summed E-state index contributed by atoms with van der Waals surface area (Å²) < 4.78 is 47.6. The van der Waals surface area contributed by atoms with Gasteiger partial charge >= 0.3 is 0 Å². The van der Waals surface area contributed by atoms with Crippen molar-refractivity contribution in [3.05, 3.63) is 88.7 Å². The summed E-state index contributed by atoms with van der Waals surface area (Å²) in [6.07, 6.45) is 0.108. The number of amides is 1. The van der Waals surface area contributed by atoms with Crippen LogP contribution in [0.2, 0.25) is 5.02 Å². The molecule has 0 saturated heterocycles. The number of aryl methyl sites for hydroxylation is 1. The Morgan fingerprint density at radius 1 is 1.09 bits per heavy atom. The largest absolute Gasteiger partial charge is 0.494 e. The molecule has 0 unspecified atom stereocenters. The fourth-order valence-corrected chi connectivity index (χ4v) is 4.66. The van der Waals surface area contributed by atoms with Gasteiger partial charge in [-0.05, 0) is 67.8 Å². The number of ether oxygens (including phenoxy) is 1. The first-order chi connectivity index (χ1) is 15.7. The Hall–Kier alpha value is -2.94. The molecule has 1 atom stereocenters. The van der Waals surface area contributed by atoms with Gasteiger partial charge in [0.2, 0.25) is 15.9 Å². The molecule has 0 aliphatic rings. The molecular formula is C24H24ClFN2O4S. The molecule has 0 aliphatic carbocycles. The van der Waals surface area contributed by atoms with Crippen molar-refractivity contribution in [3.8, 4) is 5.75 Å². The van der Waals surface area contributed by atoms with Crippen LogP contribution in [0.1, 0.15) is 18.1 Å². The van der Waals surface area contributed by atoms with Crippen LogP contribution in [0.15, 0.2) is 71.6 Å². The highest BCUT2D eigenvalue weighted by atomic mass is 35.5. The molecule has 0 saturated carbocycles. The van der Waals surface area contributed by atoms with Crippen LogP contribution >= 0.6 is 11.6 Å². The summed E-state index contributed by atoms with van der Waals surface area (Å²) in [5.41, 5.74) is 1.67. The molecule has 0 radical (unpaired) electrons. The van der Waals surface area contributed by atoms with Gasteiger partial charge in [-0.25, -0.2) is 12.8 Å². The number of halogens is 2. The SMILES string of the molecule is CCOc1ccc(S(=O)(=O)N[C@@H](Cc2ccccc2)C(=O)Nc2ccc(F)c(Cl)c2)cc1C. The van der Waals surface area contributed by atoms with Crippen molar-refractivity contribution in [2.75, 3.05) is 11.9 Å². The minimum Gasteiger partial charge on any atom is -0.494 e. The van der Waals surface area contributed by atoms with Crippen molar-refractivity contribution in [2.24, 2.45) is 0 Å². The zero-order chi connectivity index (χ0) is 24.0. The molecule has 0 heterocycles. The molecule has 0 aromatic heterocycles. The van der Waals surface area contributed by atoms with Crippen LogP contribution in [0.5, 0.6) is 5.75 Å². The number of carbonyl (C=O) groups excluding carboxylic acids is 1. The van der Waals surface area contributed by atoms with Gasteiger partial charge in [-0.2, -0.15) is 4.72 Å². The lowest BCUT2D eigenvalue weighted by Gasteiger charge is -2.19. The van der Waals surface area contributed by atoms with Crippen LogP contribution in [0, 0.1) is 12.7 Å². The third-order valence-corrected chi connectivity index (χ3v) is 6.60. The van der Waals surface area contributed by atoms with E-state index in [0.29, 0.717) is 17.9 Å². The van der Waals surface area contributed by atoms with Gasteiger partial charge in [-0.3, -0.25) is 4.79 Å². The van der Waals surface area contributed by atoms with E-state index in [1.807, 2.05) is 13.0 Å². The third kappa shape index (κ3) is 6.54. The van der Waals surface area contributed by atoms with Crippen molar-refractivity contribution in [1.29, 1.82) is 0 Å². The lowest BCUT2D eigenvalue weighted by Crippen LogP contribution is -2.45. The van der Waals surface area contributed by atoms with Crippen LogP contribution in [0.3, 0.4) is 0 Å². The molecule has 3 rings (SSSR count). The van der Waals surface area contributed by atoms with Crippen LogP contribution in [-0.2, 0) is 21.2 Å². The predicted octanol–water partition coefficient (Wildman–Crippen LogP) is 4.71. The van der Waals surface area contributed by atoms with E-state index in [0.717, 1.165) is 11.6 Å². The molecule has 6 nitrogen and oxygen atoms in total. The normalized spacial score (nSPS) is 12.2. The van der Waals surface area contributed by atoms with Gasteiger partial charge < -0.3 is 10.1 Å². The van der Waals surface area contributed by atoms with Gasteiger partial charge in [0.1, 0.15) is 17.6 Å². The number of anilines is 1. The standard InChI is InChI=1S/C24H24ClFN2O4S/c1-3-32-23-12-10-19(13-16(23)2)33(30,31)28-22(14-17-7-5-4-6-8-17)24(29)27-18-9-11-21(26)20(25)15-18/h4-13,15,22,28H,3,14H2,1-2H3,(H,27,29)/t22-/m0/s1. The minimum absolute atomic E-state index is 0.0131. The maximum absolute atomic E-state index is 13.5. The summed E-state index contributed by atoms with van der Waals surface area (Å²) >= 11 is 5.80. The van der Waals surface area contributed by atoms with Gasteiger partial charge in [0.15, 0.2) is 0 Å². The van der Waals surface area contributed by atoms with E-state index in [1.165, 1.54) is 24.3 Å². The van der Waals surface area contributed by atoms with E-state index in [-0.39, 0.29) is 22.0 Å². The van der Waals surface area contributed by atoms with Crippen molar-refractivity contribution in [3.63, 3.8) is 0 Å². The predicted molar refractivity (Wildman–Crippen MR) is 127 cm³/mol. The fourth-order valence-electron chi connectivity index (χ4n) is 3.20. The molecule has 0 fully saturated rings. The second-order valence-electron chi connectivity index (χ2n) is 7.34. The monoisotopic (exact) mass is 490 g/mol. The molecule has 1 amide bonds. The van der Waals surface area contributed by atoms with Gasteiger partial charge in [0.05, 0.1) is 16.5 Å². The van der Waals surface area contributed by atoms with Gasteiger partial charge in [0, 0.05) is 5.69 Å². The van der Waals surface area contributed by atoms with Crippen molar-refractivity contribution in [2.45, 2.75) is 31.2 Å².